The Balaban J connectivity index is 1.96. The molecule has 0 spiro atoms. The van der Waals surface area contributed by atoms with Crippen molar-refractivity contribution in [1.82, 2.24) is 19.7 Å². The fourth-order valence-electron chi connectivity index (χ4n) is 2.04. The molecule has 0 aliphatic heterocycles. The number of rotatable bonds is 7. The average molecular weight is 366 g/mol. The van der Waals surface area contributed by atoms with Crippen molar-refractivity contribution in [3.8, 4) is 5.88 Å². The van der Waals surface area contributed by atoms with Gasteiger partial charge in [-0.3, -0.25) is 19.1 Å². The summed E-state index contributed by atoms with van der Waals surface area (Å²) in [5, 5.41) is 8.55. The number of likely N-dealkylation sites (N-methyl/N-ethyl adjacent to an activating group) is 1. The quantitative estimate of drug-likeness (QED) is 0.687. The van der Waals surface area contributed by atoms with Crippen LogP contribution in [0.2, 0.25) is 0 Å². The number of hydrogen-bond donors (Lipinski definition) is 2. The van der Waals surface area contributed by atoms with E-state index in [0.29, 0.717) is 10.8 Å². The molecule has 0 aliphatic carbocycles. The van der Waals surface area contributed by atoms with Gasteiger partial charge in [0.2, 0.25) is 17.7 Å². The smallest absolute Gasteiger partial charge is 0.261 e. The molecular weight excluding hydrogens is 348 g/mol. The van der Waals surface area contributed by atoms with Crippen LogP contribution in [0.25, 0.3) is 0 Å². The van der Waals surface area contributed by atoms with E-state index < -0.39 is 17.7 Å². The molecule has 0 atom stereocenters. The van der Waals surface area contributed by atoms with Gasteiger partial charge in [-0.1, -0.05) is 0 Å². The second kappa shape index (κ2) is 7.75. The van der Waals surface area contributed by atoms with Gasteiger partial charge in [-0.15, -0.1) is 16.4 Å². The third-order valence-electron chi connectivity index (χ3n) is 3.10. The van der Waals surface area contributed by atoms with Crippen molar-refractivity contribution < 1.29 is 19.1 Å². The van der Waals surface area contributed by atoms with E-state index in [4.69, 9.17) is 10.5 Å². The molecule has 3 N–H and O–H groups in total. The van der Waals surface area contributed by atoms with Crippen LogP contribution in [0, 0.1) is 0 Å². The van der Waals surface area contributed by atoms with Gasteiger partial charge in [0, 0.05) is 25.7 Å². The molecule has 0 unspecified atom stereocenters. The Labute approximate surface area is 147 Å². The SMILES string of the molecule is COc1nn(C)cc1C(=O)N(C)CC(=O)Nc1nc(CC(N)=O)cs1. The number of carbonyl (C=O) groups excluding carboxylic acids is 3. The van der Waals surface area contributed by atoms with E-state index in [2.05, 4.69) is 15.4 Å². The minimum absolute atomic E-state index is 0.00552. The number of nitrogens with two attached hydrogens (primary N) is 1. The van der Waals surface area contributed by atoms with E-state index in [9.17, 15) is 14.4 Å². The first-order chi connectivity index (χ1) is 11.8. The van der Waals surface area contributed by atoms with Crippen molar-refractivity contribution in [3.05, 3.63) is 22.8 Å². The normalized spacial score (nSPS) is 10.4. The van der Waals surface area contributed by atoms with Gasteiger partial charge in [-0.05, 0) is 0 Å². The number of ether oxygens (including phenoxy) is 1. The van der Waals surface area contributed by atoms with Crippen LogP contribution in [0.1, 0.15) is 16.1 Å². The highest BCUT2D eigenvalue weighted by Crippen LogP contribution is 2.18. The zero-order valence-corrected chi connectivity index (χ0v) is 14.8. The van der Waals surface area contributed by atoms with E-state index in [1.54, 1.807) is 12.4 Å². The Kier molecular flexibility index (Phi) is 5.70. The van der Waals surface area contributed by atoms with Gasteiger partial charge in [-0.2, -0.15) is 0 Å². The number of anilines is 1. The minimum Gasteiger partial charge on any atom is -0.479 e. The molecule has 2 aromatic heterocycles. The van der Waals surface area contributed by atoms with Gasteiger partial charge < -0.3 is 20.7 Å². The maximum absolute atomic E-state index is 12.4. The molecule has 0 saturated carbocycles. The van der Waals surface area contributed by atoms with E-state index in [1.165, 1.54) is 41.3 Å². The Morgan fingerprint density at radius 1 is 1.44 bits per heavy atom. The predicted octanol–water partition coefficient (Wildman–Crippen LogP) is -0.376. The molecule has 10 nitrogen and oxygen atoms in total. The lowest BCUT2D eigenvalue weighted by Gasteiger charge is -2.15. The van der Waals surface area contributed by atoms with Crippen LogP contribution in [-0.4, -0.2) is 58.1 Å². The highest BCUT2D eigenvalue weighted by molar-refractivity contribution is 7.13. The molecule has 25 heavy (non-hydrogen) atoms. The van der Waals surface area contributed by atoms with Gasteiger partial charge in [0.1, 0.15) is 5.56 Å². The standard InChI is InChI=1S/C14H18N6O4S/c1-19(13(23)9-5-20(2)18-12(9)24-3)6-11(22)17-14-16-8(7-25-14)4-10(15)21/h5,7H,4,6H2,1-3H3,(H2,15,21)(H,16,17,22). The predicted molar refractivity (Wildman–Crippen MR) is 90.4 cm³/mol. The molecule has 2 aromatic rings. The zero-order valence-electron chi connectivity index (χ0n) is 14.0. The molecule has 0 fully saturated rings. The third-order valence-corrected chi connectivity index (χ3v) is 3.91. The molecule has 0 bridgehead atoms. The van der Waals surface area contributed by atoms with Crippen LogP contribution >= 0.6 is 11.3 Å². The van der Waals surface area contributed by atoms with Crippen molar-refractivity contribution in [2.45, 2.75) is 6.42 Å². The Bertz CT molecular complexity index is 799. The van der Waals surface area contributed by atoms with Crippen molar-refractivity contribution in [1.29, 1.82) is 0 Å². The molecule has 0 saturated heterocycles. The Hall–Kier alpha value is -2.95. The maximum Gasteiger partial charge on any atom is 0.261 e. The van der Waals surface area contributed by atoms with Crippen LogP contribution in [0.15, 0.2) is 11.6 Å². The second-order valence-corrected chi connectivity index (χ2v) is 6.08. The van der Waals surface area contributed by atoms with E-state index in [0.717, 1.165) is 0 Å². The fraction of sp³-hybridized carbons (Fsp3) is 0.357. The van der Waals surface area contributed by atoms with E-state index >= 15 is 0 Å². The number of amides is 3. The molecule has 0 aliphatic rings. The van der Waals surface area contributed by atoms with Gasteiger partial charge >= 0.3 is 0 Å². The monoisotopic (exact) mass is 366 g/mol. The van der Waals surface area contributed by atoms with Gasteiger partial charge in [0.15, 0.2) is 5.13 Å². The summed E-state index contributed by atoms with van der Waals surface area (Å²) in [7, 11) is 4.57. The summed E-state index contributed by atoms with van der Waals surface area (Å²) in [6.07, 6.45) is 1.53. The van der Waals surface area contributed by atoms with Gasteiger partial charge in [-0.25, -0.2) is 4.98 Å². The zero-order chi connectivity index (χ0) is 18.6. The first-order valence-electron chi connectivity index (χ1n) is 7.15. The van der Waals surface area contributed by atoms with Crippen molar-refractivity contribution >= 4 is 34.2 Å². The van der Waals surface area contributed by atoms with E-state index in [-0.39, 0.29) is 24.4 Å². The lowest BCUT2D eigenvalue weighted by atomic mass is 10.3. The molecule has 2 rings (SSSR count). The Morgan fingerprint density at radius 2 is 2.16 bits per heavy atom. The molecule has 2 heterocycles. The molecule has 11 heteroatoms. The fourth-order valence-corrected chi connectivity index (χ4v) is 2.77. The lowest BCUT2D eigenvalue weighted by Crippen LogP contribution is -2.35. The molecule has 3 amide bonds. The van der Waals surface area contributed by atoms with Crippen LogP contribution < -0.4 is 15.8 Å². The summed E-state index contributed by atoms with van der Waals surface area (Å²) >= 11 is 1.17. The maximum atomic E-state index is 12.4. The number of nitrogens with zero attached hydrogens (tertiary/aromatic N) is 4. The summed E-state index contributed by atoms with van der Waals surface area (Å²) in [6, 6.07) is 0. The lowest BCUT2D eigenvalue weighted by molar-refractivity contribution is -0.117. The number of hydrogen-bond acceptors (Lipinski definition) is 7. The Morgan fingerprint density at radius 3 is 2.80 bits per heavy atom. The van der Waals surface area contributed by atoms with E-state index in [1.807, 2.05) is 0 Å². The minimum atomic E-state index is -0.501. The second-order valence-electron chi connectivity index (χ2n) is 5.22. The molecule has 134 valence electrons. The molecule has 0 aromatic carbocycles. The highest BCUT2D eigenvalue weighted by atomic mass is 32.1. The number of primary amides is 1. The van der Waals surface area contributed by atoms with Gasteiger partial charge in [0.05, 0.1) is 25.8 Å². The number of nitrogens with one attached hydrogen (secondary N) is 1. The summed E-state index contributed by atoms with van der Waals surface area (Å²) in [6.45, 7) is -0.179. The number of aryl methyl sites for hydroxylation is 1. The first-order valence-corrected chi connectivity index (χ1v) is 8.03. The van der Waals surface area contributed by atoms with Crippen LogP contribution in [0.4, 0.5) is 5.13 Å². The third kappa shape index (κ3) is 4.76. The number of aromatic nitrogens is 3. The number of carbonyl (C=O) groups is 3. The van der Waals surface area contributed by atoms with Crippen molar-refractivity contribution in [2.24, 2.45) is 12.8 Å². The first kappa shape index (κ1) is 18.4. The summed E-state index contributed by atoms with van der Waals surface area (Å²) < 4.78 is 6.50. The molecule has 0 radical (unpaired) electrons. The summed E-state index contributed by atoms with van der Waals surface area (Å²) in [4.78, 5) is 40.6. The van der Waals surface area contributed by atoms with Crippen molar-refractivity contribution in [2.75, 3.05) is 26.0 Å². The number of thiazole rings is 1. The molecular formula is C14H18N6O4S. The average Bonchev–Trinajstić information content (AvgIpc) is 3.11. The topological polar surface area (TPSA) is 132 Å². The summed E-state index contributed by atoms with van der Waals surface area (Å²) in [5.41, 5.74) is 5.84. The summed E-state index contributed by atoms with van der Waals surface area (Å²) in [5.74, 6) is -1.12. The highest BCUT2D eigenvalue weighted by Gasteiger charge is 2.22. The van der Waals surface area contributed by atoms with Crippen LogP contribution in [0.3, 0.4) is 0 Å². The van der Waals surface area contributed by atoms with Crippen LogP contribution in [0.5, 0.6) is 5.88 Å². The van der Waals surface area contributed by atoms with Crippen molar-refractivity contribution in [3.63, 3.8) is 0 Å². The van der Waals surface area contributed by atoms with Crippen LogP contribution in [-0.2, 0) is 23.1 Å². The number of methoxy groups -OCH3 is 1. The van der Waals surface area contributed by atoms with Gasteiger partial charge in [0.25, 0.3) is 5.91 Å². The largest absolute Gasteiger partial charge is 0.479 e.